The quantitative estimate of drug-likeness (QED) is 0.286. The minimum atomic E-state index is -0.352. The minimum absolute atomic E-state index is 0.181. The summed E-state index contributed by atoms with van der Waals surface area (Å²) < 4.78 is 0. The number of aliphatic imine (C=N–C) groups is 2. The first-order valence-corrected chi connectivity index (χ1v) is 12.4. The van der Waals surface area contributed by atoms with Gasteiger partial charge in [0.05, 0.1) is 13.1 Å². The molecule has 198 valence electrons. The van der Waals surface area contributed by atoms with Crippen molar-refractivity contribution in [1.29, 1.82) is 0 Å². The van der Waals surface area contributed by atoms with Crippen molar-refractivity contribution in [3.05, 3.63) is 89.2 Å². The molecule has 38 heavy (non-hydrogen) atoms. The number of carbonyl (C=O) groups is 2. The lowest BCUT2D eigenvalue weighted by atomic mass is 10.2. The van der Waals surface area contributed by atoms with Gasteiger partial charge in [0.2, 0.25) is 0 Å². The summed E-state index contributed by atoms with van der Waals surface area (Å²) >= 11 is 0. The number of anilines is 2. The third kappa shape index (κ3) is 8.85. The van der Waals surface area contributed by atoms with Crippen molar-refractivity contribution in [1.82, 2.24) is 15.6 Å². The van der Waals surface area contributed by atoms with Crippen LogP contribution in [0.5, 0.6) is 0 Å². The summed E-state index contributed by atoms with van der Waals surface area (Å²) in [4.78, 5) is 41.9. The smallest absolute Gasteiger partial charge is 0.269 e. The third-order valence-corrected chi connectivity index (χ3v) is 5.57. The number of carbonyl (C=O) groups excluding carboxylic acids is 2. The van der Waals surface area contributed by atoms with E-state index in [9.17, 15) is 9.59 Å². The summed E-state index contributed by atoms with van der Waals surface area (Å²) in [5.41, 5.74) is 4.58. The molecule has 2 aromatic carbocycles. The molecule has 0 unspecified atom stereocenters. The van der Waals surface area contributed by atoms with Gasteiger partial charge in [-0.05, 0) is 47.5 Å². The van der Waals surface area contributed by atoms with Crippen molar-refractivity contribution in [2.75, 3.05) is 64.2 Å². The van der Waals surface area contributed by atoms with Crippen molar-refractivity contribution in [2.24, 2.45) is 9.98 Å². The molecular formula is C29H35N7O2. The highest BCUT2D eigenvalue weighted by Crippen LogP contribution is 2.11. The van der Waals surface area contributed by atoms with E-state index in [-0.39, 0.29) is 23.2 Å². The fraction of sp³-hybridized carbons (Fsp3) is 0.276. The first-order chi connectivity index (χ1) is 18.3. The van der Waals surface area contributed by atoms with Gasteiger partial charge in [0.25, 0.3) is 11.8 Å². The van der Waals surface area contributed by atoms with Gasteiger partial charge in [-0.1, -0.05) is 30.3 Å². The zero-order valence-electron chi connectivity index (χ0n) is 22.4. The molecule has 2 amide bonds. The van der Waals surface area contributed by atoms with Crippen molar-refractivity contribution >= 4 is 35.6 Å². The molecule has 0 radical (unpaired) electrons. The Kier molecular flexibility index (Phi) is 10.5. The Morgan fingerprint density at radius 1 is 0.684 bits per heavy atom. The first kappa shape index (κ1) is 28.0. The van der Waals surface area contributed by atoms with Crippen LogP contribution >= 0.6 is 0 Å². The molecule has 1 aromatic heterocycles. The zero-order chi connectivity index (χ0) is 27.3. The van der Waals surface area contributed by atoms with Gasteiger partial charge in [-0.25, -0.2) is 4.98 Å². The maximum absolute atomic E-state index is 12.5. The van der Waals surface area contributed by atoms with Crippen LogP contribution in [0.15, 0.2) is 76.7 Å². The SMILES string of the molecule is CN(C)c1ccc(C=NCCNC(=O)c2cccc(C(=O)NCCN=Cc3ccc(N(C)C)cc3)n2)cc1. The van der Waals surface area contributed by atoms with E-state index in [0.29, 0.717) is 26.2 Å². The minimum Gasteiger partial charge on any atom is -0.378 e. The third-order valence-electron chi connectivity index (χ3n) is 5.57. The summed E-state index contributed by atoms with van der Waals surface area (Å²) in [5, 5.41) is 5.57. The number of rotatable bonds is 12. The molecule has 3 rings (SSSR count). The maximum Gasteiger partial charge on any atom is 0.269 e. The summed E-state index contributed by atoms with van der Waals surface area (Å²) in [6, 6.07) is 20.9. The van der Waals surface area contributed by atoms with Gasteiger partial charge in [-0.15, -0.1) is 0 Å². The second-order valence-corrected chi connectivity index (χ2v) is 8.96. The summed E-state index contributed by atoms with van der Waals surface area (Å²) in [6.45, 7) is 1.58. The van der Waals surface area contributed by atoms with Crippen LogP contribution in [0.2, 0.25) is 0 Å². The Labute approximate surface area is 224 Å². The molecule has 9 heteroatoms. The largest absolute Gasteiger partial charge is 0.378 e. The van der Waals surface area contributed by atoms with E-state index in [0.717, 1.165) is 22.5 Å². The summed E-state index contributed by atoms with van der Waals surface area (Å²) in [7, 11) is 7.97. The van der Waals surface area contributed by atoms with Crippen LogP contribution in [-0.4, -0.2) is 83.6 Å². The van der Waals surface area contributed by atoms with Gasteiger partial charge in [0.15, 0.2) is 0 Å². The van der Waals surface area contributed by atoms with E-state index in [1.54, 1.807) is 30.6 Å². The number of nitrogens with one attached hydrogen (secondary N) is 2. The van der Waals surface area contributed by atoms with Gasteiger partial charge >= 0.3 is 0 Å². The Hall–Kier alpha value is -4.53. The van der Waals surface area contributed by atoms with E-state index in [1.165, 1.54) is 0 Å². The van der Waals surface area contributed by atoms with Crippen LogP contribution in [0, 0.1) is 0 Å². The van der Waals surface area contributed by atoms with Gasteiger partial charge < -0.3 is 20.4 Å². The van der Waals surface area contributed by atoms with Crippen LogP contribution in [0.25, 0.3) is 0 Å². The molecule has 0 saturated carbocycles. The van der Waals surface area contributed by atoms with Crippen LogP contribution in [0.1, 0.15) is 32.1 Å². The monoisotopic (exact) mass is 513 g/mol. The van der Waals surface area contributed by atoms with Crippen LogP contribution in [0.4, 0.5) is 11.4 Å². The standard InChI is InChI=1S/C29H35N7O2/c1-35(2)24-12-8-22(9-13-24)20-30-16-18-32-28(37)26-6-5-7-27(34-26)29(38)33-19-17-31-21-23-10-14-25(15-11-23)36(3)4/h5-15,20-21H,16-19H2,1-4H3,(H,32,37)(H,33,38). The second-order valence-electron chi connectivity index (χ2n) is 8.96. The van der Waals surface area contributed by atoms with Gasteiger partial charge in [0, 0.05) is 65.1 Å². The fourth-order valence-electron chi connectivity index (χ4n) is 3.39. The van der Waals surface area contributed by atoms with E-state index < -0.39 is 0 Å². The lowest BCUT2D eigenvalue weighted by Crippen LogP contribution is -2.29. The summed E-state index contributed by atoms with van der Waals surface area (Å²) in [6.07, 6.45) is 3.55. The fourth-order valence-corrected chi connectivity index (χ4v) is 3.39. The highest BCUT2D eigenvalue weighted by atomic mass is 16.2. The topological polar surface area (TPSA) is 102 Å². The number of hydrogen-bond donors (Lipinski definition) is 2. The maximum atomic E-state index is 12.5. The number of pyridine rings is 1. The van der Waals surface area contributed by atoms with Crippen molar-refractivity contribution in [2.45, 2.75) is 0 Å². The van der Waals surface area contributed by atoms with Crippen LogP contribution in [-0.2, 0) is 0 Å². The Morgan fingerprint density at radius 3 is 1.45 bits per heavy atom. The van der Waals surface area contributed by atoms with Gasteiger partial charge in [-0.3, -0.25) is 19.6 Å². The zero-order valence-corrected chi connectivity index (χ0v) is 22.4. The van der Waals surface area contributed by atoms with Gasteiger partial charge in [-0.2, -0.15) is 0 Å². The molecule has 9 nitrogen and oxygen atoms in total. The molecular weight excluding hydrogens is 478 g/mol. The number of aromatic nitrogens is 1. The molecule has 1 heterocycles. The average Bonchev–Trinajstić information content (AvgIpc) is 2.93. The van der Waals surface area contributed by atoms with E-state index in [1.807, 2.05) is 86.5 Å². The van der Waals surface area contributed by atoms with Crippen molar-refractivity contribution in [3.8, 4) is 0 Å². The number of amides is 2. The summed E-state index contributed by atoms with van der Waals surface area (Å²) in [5.74, 6) is -0.704. The predicted octanol–water partition coefficient (Wildman–Crippen LogP) is 2.91. The normalized spacial score (nSPS) is 11.1. The Bertz CT molecular complexity index is 1160. The lowest BCUT2D eigenvalue weighted by molar-refractivity contribution is 0.0945. The lowest BCUT2D eigenvalue weighted by Gasteiger charge is -2.11. The number of benzene rings is 2. The van der Waals surface area contributed by atoms with E-state index >= 15 is 0 Å². The molecule has 0 fully saturated rings. The molecule has 3 aromatic rings. The molecule has 0 bridgehead atoms. The highest BCUT2D eigenvalue weighted by molar-refractivity contribution is 5.96. The molecule has 0 saturated heterocycles. The highest BCUT2D eigenvalue weighted by Gasteiger charge is 2.11. The first-order valence-electron chi connectivity index (χ1n) is 12.4. The Balaban J connectivity index is 1.40. The molecule has 0 atom stereocenters. The molecule has 0 aliphatic carbocycles. The molecule has 2 N–H and O–H groups in total. The van der Waals surface area contributed by atoms with Crippen LogP contribution < -0.4 is 20.4 Å². The number of nitrogens with zero attached hydrogens (tertiary/aromatic N) is 5. The number of hydrogen-bond acceptors (Lipinski definition) is 7. The van der Waals surface area contributed by atoms with Crippen LogP contribution in [0.3, 0.4) is 0 Å². The predicted molar refractivity (Wildman–Crippen MR) is 155 cm³/mol. The van der Waals surface area contributed by atoms with E-state index in [2.05, 4.69) is 25.6 Å². The second kappa shape index (κ2) is 14.3. The van der Waals surface area contributed by atoms with Crippen molar-refractivity contribution < 1.29 is 9.59 Å². The van der Waals surface area contributed by atoms with Gasteiger partial charge in [0.1, 0.15) is 11.4 Å². The average molecular weight is 514 g/mol. The van der Waals surface area contributed by atoms with E-state index in [4.69, 9.17) is 0 Å². The van der Waals surface area contributed by atoms with Crippen molar-refractivity contribution in [3.63, 3.8) is 0 Å². The Morgan fingerprint density at radius 2 is 1.08 bits per heavy atom. The molecule has 0 aliphatic heterocycles. The molecule has 0 aliphatic rings. The molecule has 0 spiro atoms.